The highest BCUT2D eigenvalue weighted by molar-refractivity contribution is 7.86. The van der Waals surface area contributed by atoms with Gasteiger partial charge in [0.1, 0.15) is 5.82 Å². The zero-order valence-corrected chi connectivity index (χ0v) is 22.0. The van der Waals surface area contributed by atoms with Gasteiger partial charge in [-0.15, -0.1) is 0 Å². The van der Waals surface area contributed by atoms with Crippen LogP contribution in [-0.2, 0) is 14.9 Å². The summed E-state index contributed by atoms with van der Waals surface area (Å²) in [5.74, 6) is 0.121. The fourth-order valence-corrected chi connectivity index (χ4v) is 6.52. The molecule has 0 aliphatic carbocycles. The molecular formula is C26H36FN5O3S. The highest BCUT2D eigenvalue weighted by Gasteiger charge is 2.38. The number of nitrogens with one attached hydrogen (secondary N) is 2. The Morgan fingerprint density at radius 3 is 2.44 bits per heavy atom. The average molecular weight is 518 g/mol. The molecule has 8 nitrogen and oxygen atoms in total. The molecule has 10 heteroatoms. The summed E-state index contributed by atoms with van der Waals surface area (Å²) in [5, 5.41) is 11.3. The molecule has 196 valence electrons. The second-order valence-corrected chi connectivity index (χ2v) is 11.8. The first-order valence-corrected chi connectivity index (χ1v) is 13.8. The fourth-order valence-electron chi connectivity index (χ4n) is 4.95. The summed E-state index contributed by atoms with van der Waals surface area (Å²) in [5.41, 5.74) is 4.20. The lowest BCUT2D eigenvalue weighted by Crippen LogP contribution is -2.56. The number of aryl methyl sites for hydroxylation is 1. The minimum Gasteiger partial charge on any atom is -0.379 e. The zero-order chi connectivity index (χ0) is 25.9. The minimum absolute atomic E-state index is 0.129. The summed E-state index contributed by atoms with van der Waals surface area (Å²) in [7, 11) is -3.59. The summed E-state index contributed by atoms with van der Waals surface area (Å²) in [6.07, 6.45) is 1.30. The van der Waals surface area contributed by atoms with Gasteiger partial charge in [-0.05, 0) is 60.4 Å². The van der Waals surface area contributed by atoms with Gasteiger partial charge in [0.25, 0.3) is 10.2 Å². The first-order valence-electron chi connectivity index (χ1n) is 12.4. The van der Waals surface area contributed by atoms with E-state index in [2.05, 4.69) is 24.1 Å². The molecule has 36 heavy (non-hydrogen) atoms. The monoisotopic (exact) mass is 517 g/mol. The maximum atomic E-state index is 13.4. The molecule has 2 aromatic carbocycles. The summed E-state index contributed by atoms with van der Waals surface area (Å²) < 4.78 is 48.7. The predicted molar refractivity (Wildman–Crippen MR) is 141 cm³/mol. The van der Waals surface area contributed by atoms with E-state index in [0.29, 0.717) is 57.4 Å². The molecule has 0 bridgehead atoms. The second kappa shape index (κ2) is 11.4. The highest BCUT2D eigenvalue weighted by Crippen LogP contribution is 2.34. The number of nitrogens with zero attached hydrogens (tertiary/aromatic N) is 3. The third-order valence-electron chi connectivity index (χ3n) is 6.75. The molecule has 2 saturated heterocycles. The van der Waals surface area contributed by atoms with Crippen LogP contribution in [0.4, 0.5) is 15.8 Å². The van der Waals surface area contributed by atoms with Crippen molar-refractivity contribution in [1.82, 2.24) is 13.5 Å². The van der Waals surface area contributed by atoms with Crippen molar-refractivity contribution in [2.75, 3.05) is 57.8 Å². The predicted octanol–water partition coefficient (Wildman–Crippen LogP) is 3.77. The van der Waals surface area contributed by atoms with Crippen LogP contribution in [0.15, 0.2) is 36.4 Å². The van der Waals surface area contributed by atoms with E-state index in [1.165, 1.54) is 22.7 Å². The summed E-state index contributed by atoms with van der Waals surface area (Å²) in [6.45, 7) is 10.2. The van der Waals surface area contributed by atoms with Gasteiger partial charge in [0, 0.05) is 68.5 Å². The number of ether oxygens (including phenoxy) is 1. The Balaban J connectivity index is 1.65. The zero-order valence-electron chi connectivity index (χ0n) is 21.2. The maximum Gasteiger partial charge on any atom is 0.282 e. The molecule has 0 unspecified atom stereocenters. The third-order valence-corrected chi connectivity index (χ3v) is 8.75. The summed E-state index contributed by atoms with van der Waals surface area (Å²) in [4.78, 5) is 2.36. The molecule has 2 aliphatic heterocycles. The first kappa shape index (κ1) is 26.7. The van der Waals surface area contributed by atoms with Crippen molar-refractivity contribution >= 4 is 27.8 Å². The lowest BCUT2D eigenvalue weighted by atomic mass is 9.94. The van der Waals surface area contributed by atoms with E-state index >= 15 is 0 Å². The second-order valence-electron chi connectivity index (χ2n) is 9.85. The van der Waals surface area contributed by atoms with E-state index in [9.17, 15) is 12.8 Å². The molecule has 2 heterocycles. The minimum atomic E-state index is -3.59. The highest BCUT2D eigenvalue weighted by atomic mass is 32.2. The Morgan fingerprint density at radius 1 is 1.11 bits per heavy atom. The summed E-state index contributed by atoms with van der Waals surface area (Å²) >= 11 is 0. The Morgan fingerprint density at radius 2 is 1.81 bits per heavy atom. The SMILES string of the molecule is Cc1cc(Nc2ccc(F)cc2)c(C=N)cc1[C@H]1CN(S(=O)(=O)N2CCOCC2)CCN1CC(C)C. The van der Waals surface area contributed by atoms with Crippen molar-refractivity contribution in [3.63, 3.8) is 0 Å². The van der Waals surface area contributed by atoms with Crippen LogP contribution >= 0.6 is 0 Å². The largest absolute Gasteiger partial charge is 0.379 e. The molecule has 0 radical (unpaired) electrons. The van der Waals surface area contributed by atoms with Crippen molar-refractivity contribution in [1.29, 1.82) is 5.41 Å². The van der Waals surface area contributed by atoms with Gasteiger partial charge >= 0.3 is 0 Å². The van der Waals surface area contributed by atoms with Gasteiger partial charge in [0.2, 0.25) is 0 Å². The average Bonchev–Trinajstić information content (AvgIpc) is 2.86. The Kier molecular flexibility index (Phi) is 8.41. The number of hydrogen-bond acceptors (Lipinski definition) is 6. The van der Waals surface area contributed by atoms with Gasteiger partial charge in [-0.1, -0.05) is 13.8 Å². The number of piperazine rings is 1. The van der Waals surface area contributed by atoms with Crippen molar-refractivity contribution < 1.29 is 17.5 Å². The number of rotatable bonds is 8. The number of hydrogen-bond donors (Lipinski definition) is 2. The Hall–Kier alpha value is -2.37. The van der Waals surface area contributed by atoms with Crippen LogP contribution in [0.25, 0.3) is 0 Å². The van der Waals surface area contributed by atoms with Crippen LogP contribution in [0.1, 0.15) is 36.6 Å². The number of anilines is 2. The van der Waals surface area contributed by atoms with Crippen LogP contribution in [0.5, 0.6) is 0 Å². The fraction of sp³-hybridized carbons (Fsp3) is 0.500. The van der Waals surface area contributed by atoms with Gasteiger partial charge in [0.05, 0.1) is 13.2 Å². The Labute approximate surface area is 213 Å². The first-order chi connectivity index (χ1) is 17.2. The quantitative estimate of drug-likeness (QED) is 0.521. The Bertz CT molecular complexity index is 1170. The van der Waals surface area contributed by atoms with E-state index in [1.807, 2.05) is 19.1 Å². The van der Waals surface area contributed by atoms with Crippen LogP contribution in [0.3, 0.4) is 0 Å². The van der Waals surface area contributed by atoms with Crippen molar-refractivity contribution in [2.45, 2.75) is 26.8 Å². The molecule has 0 spiro atoms. The normalized spacial score (nSPS) is 20.5. The lowest BCUT2D eigenvalue weighted by molar-refractivity contribution is 0.0637. The van der Waals surface area contributed by atoms with E-state index < -0.39 is 10.2 Å². The van der Waals surface area contributed by atoms with Gasteiger partial charge < -0.3 is 15.5 Å². The molecule has 0 saturated carbocycles. The van der Waals surface area contributed by atoms with Crippen LogP contribution in [0.2, 0.25) is 0 Å². The van der Waals surface area contributed by atoms with E-state index in [-0.39, 0.29) is 11.9 Å². The van der Waals surface area contributed by atoms with Crippen molar-refractivity contribution in [2.24, 2.45) is 5.92 Å². The van der Waals surface area contributed by atoms with Crippen LogP contribution in [-0.4, -0.2) is 80.6 Å². The number of halogens is 1. The van der Waals surface area contributed by atoms with Crippen molar-refractivity contribution in [3.8, 4) is 0 Å². The molecule has 2 aromatic rings. The molecule has 2 fully saturated rings. The molecule has 4 rings (SSSR count). The summed E-state index contributed by atoms with van der Waals surface area (Å²) in [6, 6.07) is 9.94. The third kappa shape index (κ3) is 5.95. The van der Waals surface area contributed by atoms with Crippen LogP contribution < -0.4 is 5.32 Å². The topological polar surface area (TPSA) is 89.0 Å². The van der Waals surface area contributed by atoms with E-state index in [4.69, 9.17) is 10.1 Å². The van der Waals surface area contributed by atoms with Gasteiger partial charge in [-0.25, -0.2) is 4.39 Å². The lowest BCUT2D eigenvalue weighted by Gasteiger charge is -2.44. The molecular weight excluding hydrogens is 481 g/mol. The smallest absolute Gasteiger partial charge is 0.282 e. The number of morpholine rings is 1. The van der Waals surface area contributed by atoms with E-state index in [0.717, 1.165) is 29.0 Å². The van der Waals surface area contributed by atoms with E-state index in [1.54, 1.807) is 16.4 Å². The standard InChI is InChI=1S/C26H36FN5O3S/c1-19(2)17-30-8-9-32(36(33,34)31-10-12-35-13-11-31)18-26(30)24-15-21(16-28)25(14-20(24)3)29-23-6-4-22(27)5-7-23/h4-7,14-16,19,26,28-29H,8-13,17-18H2,1-3H3/t26-/m1/s1. The van der Waals surface area contributed by atoms with Crippen LogP contribution in [0, 0.1) is 24.1 Å². The molecule has 2 N–H and O–H groups in total. The van der Waals surface area contributed by atoms with Gasteiger partial charge in [-0.3, -0.25) is 4.90 Å². The molecule has 0 aromatic heterocycles. The maximum absolute atomic E-state index is 13.4. The van der Waals surface area contributed by atoms with Gasteiger partial charge in [0.15, 0.2) is 0 Å². The molecule has 2 aliphatic rings. The number of benzene rings is 2. The van der Waals surface area contributed by atoms with Gasteiger partial charge in [-0.2, -0.15) is 17.0 Å². The van der Waals surface area contributed by atoms with Crippen molar-refractivity contribution in [3.05, 3.63) is 58.9 Å². The molecule has 0 amide bonds. The molecule has 1 atom stereocenters.